The molecule has 12 rings (SSSR count). The van der Waals surface area contributed by atoms with Gasteiger partial charge in [0, 0.05) is 56.7 Å². The van der Waals surface area contributed by atoms with Gasteiger partial charge in [-0.05, 0) is 174 Å². The molecule has 0 spiro atoms. The molecule has 2 N–H and O–H groups in total. The Hall–Kier alpha value is -5.18. The minimum absolute atomic E-state index is 0.00898. The first-order valence-electron chi connectivity index (χ1n) is 30.3. The smallest absolute Gasteiger partial charge is 0.263 e. The molecule has 0 unspecified atom stereocenters. The summed E-state index contributed by atoms with van der Waals surface area (Å²) in [4.78, 5) is 81.1. The average Bonchev–Trinajstić information content (AvgIpc) is 1.60. The van der Waals surface area contributed by atoms with E-state index in [1.54, 1.807) is 14.7 Å². The van der Waals surface area contributed by atoms with Gasteiger partial charge in [-0.3, -0.25) is 19.2 Å². The van der Waals surface area contributed by atoms with Gasteiger partial charge in [0.2, 0.25) is 11.8 Å². The minimum atomic E-state index is -1.25. The van der Waals surface area contributed by atoms with Crippen LogP contribution >= 0.6 is 69.9 Å². The first-order chi connectivity index (χ1) is 41.7. The van der Waals surface area contributed by atoms with Gasteiger partial charge in [-0.1, -0.05) is 123 Å². The molecule has 88 heavy (non-hydrogen) atoms. The van der Waals surface area contributed by atoms with Crippen LogP contribution in [0, 0.1) is 11.8 Å². The largest absolute Gasteiger partial charge is 0.336 e. The van der Waals surface area contributed by atoms with E-state index in [4.69, 9.17) is 62.1 Å². The second kappa shape index (κ2) is 25.1. The molecule has 8 heterocycles. The molecule has 8 aliphatic rings. The second-order valence-corrected chi connectivity index (χ2v) is 29.4. The lowest BCUT2D eigenvalue weighted by Crippen LogP contribution is -2.50. The van der Waals surface area contributed by atoms with Crippen molar-refractivity contribution in [2.24, 2.45) is 27.6 Å². The molecule has 8 aliphatic heterocycles. The summed E-state index contributed by atoms with van der Waals surface area (Å²) in [7, 11) is 3.67. The van der Waals surface area contributed by atoms with Crippen molar-refractivity contribution in [1.82, 2.24) is 34.3 Å². The Labute approximate surface area is 543 Å². The third-order valence-corrected chi connectivity index (χ3v) is 22.0. The molecule has 4 aromatic rings. The number of thioether (sulfide) groups is 2. The fraction of sp³-hybridized carbons (Fsp3) is 0.485. The number of carbonyl (C=O) groups excluding carboxylic acids is 4. The van der Waals surface area contributed by atoms with E-state index < -0.39 is 41.5 Å². The zero-order valence-corrected chi connectivity index (χ0v) is 55.8. The van der Waals surface area contributed by atoms with Gasteiger partial charge < -0.3 is 40.0 Å². The van der Waals surface area contributed by atoms with E-state index in [0.29, 0.717) is 62.1 Å². The third-order valence-electron chi connectivity index (χ3n) is 18.9. The van der Waals surface area contributed by atoms with Gasteiger partial charge in [-0.15, -0.1) is 0 Å². The molecule has 0 radical (unpaired) electrons. The lowest BCUT2D eigenvalue weighted by atomic mass is 9.81. The van der Waals surface area contributed by atoms with Gasteiger partial charge in [-0.2, -0.15) is 0 Å². The summed E-state index contributed by atoms with van der Waals surface area (Å²) < 4.78 is 29.1. The number of benzene rings is 4. The summed E-state index contributed by atoms with van der Waals surface area (Å²) in [5.41, 5.74) is 10.4. The molecule has 4 aromatic carbocycles. The van der Waals surface area contributed by atoms with Gasteiger partial charge >= 0.3 is 0 Å². The molecular formula is C66H76Cl4F2N10O4S2. The summed E-state index contributed by atoms with van der Waals surface area (Å²) in [6.45, 7) is 17.0. The Morgan fingerprint density at radius 3 is 1.24 bits per heavy atom. The van der Waals surface area contributed by atoms with E-state index in [-0.39, 0.29) is 85.3 Å². The number of nitrogens with two attached hydrogens (primary N) is 1. The van der Waals surface area contributed by atoms with Crippen LogP contribution in [0.4, 0.5) is 8.78 Å². The zero-order valence-electron chi connectivity index (χ0n) is 51.1. The first kappa shape index (κ1) is 64.4. The Bertz CT molecular complexity index is 3490. The molecule has 468 valence electrons. The Morgan fingerprint density at radius 1 is 0.557 bits per heavy atom. The lowest BCUT2D eigenvalue weighted by Gasteiger charge is -2.37. The van der Waals surface area contributed by atoms with Crippen LogP contribution in [0.2, 0.25) is 20.1 Å². The van der Waals surface area contributed by atoms with Crippen molar-refractivity contribution >= 4 is 104 Å². The van der Waals surface area contributed by atoms with E-state index in [0.717, 1.165) is 44.0 Å². The van der Waals surface area contributed by atoms with Gasteiger partial charge in [0.05, 0.1) is 37.3 Å². The number of amidine groups is 2. The highest BCUT2D eigenvalue weighted by Crippen LogP contribution is 2.59. The lowest BCUT2D eigenvalue weighted by molar-refractivity contribution is -0.142. The summed E-state index contributed by atoms with van der Waals surface area (Å²) in [6, 6.07) is 28.0. The van der Waals surface area contributed by atoms with Crippen LogP contribution in [0.15, 0.2) is 128 Å². The maximum atomic E-state index is 14.8. The first-order valence-corrected chi connectivity index (χ1v) is 33.4. The van der Waals surface area contributed by atoms with Gasteiger partial charge in [-0.25, -0.2) is 18.8 Å². The number of nitrogens with zero attached hydrogens (tertiary/aromatic N) is 9. The number of alkyl halides is 2. The Kier molecular flexibility index (Phi) is 18.4. The molecule has 4 saturated heterocycles. The molecule has 0 saturated carbocycles. The van der Waals surface area contributed by atoms with E-state index >= 15 is 0 Å². The van der Waals surface area contributed by atoms with Crippen LogP contribution in [0.3, 0.4) is 0 Å². The number of carbonyl (C=O) groups is 4. The van der Waals surface area contributed by atoms with E-state index in [9.17, 15) is 28.0 Å². The van der Waals surface area contributed by atoms with Gasteiger partial charge in [0.25, 0.3) is 11.8 Å². The molecular weight excluding hydrogens is 1240 g/mol. The summed E-state index contributed by atoms with van der Waals surface area (Å²) >= 11 is 27.9. The Balaban J connectivity index is 0.000000182. The summed E-state index contributed by atoms with van der Waals surface area (Å²) in [5.74, 6) is -0.760. The standard InChI is InChI=1S/C34H40Cl2FN5O2S.C32H36Cl2FN5O2S/c1-19(2)28-29(32(44)41-20(3)7-16-26(41)31(43)40-17-25(37)27(18-40)39(5)6)45-33-38-34(4,22-10-14-24(36)15-11-22)30(42(28)33)21-8-12-23(35)13-9-21;1-17(2)26-27(30(42)39-18(3)5-14-25(39)29(41)38-15-23(35)24(36)16-38)43-31-37-32(4,20-8-12-22(34)13-9-20)28(40(26)31)19-6-10-21(33)11-7-19/h8-15,19-20,25-27,30H,7,16-18H2,1-6H3;6-13,17-18,23-25,28H,5,14-16,36H2,1-4H3/t20-,25+,26+,27+,30-,34+;18-,23+,24+,25+,28-,32+/m11/s1. The van der Waals surface area contributed by atoms with Crippen molar-refractivity contribution in [3.63, 3.8) is 0 Å². The molecule has 0 bridgehead atoms. The van der Waals surface area contributed by atoms with E-state index in [2.05, 4.69) is 51.3 Å². The van der Waals surface area contributed by atoms with Crippen LogP contribution in [-0.4, -0.2) is 157 Å². The molecule has 0 aromatic heterocycles. The van der Waals surface area contributed by atoms with Crippen molar-refractivity contribution in [3.05, 3.63) is 161 Å². The number of likely N-dealkylation sites (N-methyl/N-ethyl adjacent to an activating group) is 1. The number of hydrogen-bond donors (Lipinski definition) is 1. The topological polar surface area (TPSA) is 142 Å². The quantitative estimate of drug-likeness (QED) is 0.154. The number of fused-ring (bicyclic) bond motifs is 2. The fourth-order valence-corrected chi connectivity index (χ4v) is 17.5. The molecule has 4 fully saturated rings. The van der Waals surface area contributed by atoms with Crippen LogP contribution in [0.25, 0.3) is 0 Å². The number of allylic oxidation sites excluding steroid dienone is 2. The zero-order chi connectivity index (χ0) is 63.2. The van der Waals surface area contributed by atoms with Crippen LogP contribution < -0.4 is 5.73 Å². The van der Waals surface area contributed by atoms with Gasteiger partial charge in [0.1, 0.15) is 45.3 Å². The summed E-state index contributed by atoms with van der Waals surface area (Å²) in [6.07, 6.45) is 0.148. The highest BCUT2D eigenvalue weighted by Gasteiger charge is 2.57. The number of hydrogen-bond acceptors (Lipinski definition) is 12. The molecule has 12 atom stereocenters. The fourth-order valence-electron chi connectivity index (χ4n) is 14.3. The van der Waals surface area contributed by atoms with Crippen molar-refractivity contribution < 1.29 is 28.0 Å². The average molecular weight is 1320 g/mol. The molecule has 22 heteroatoms. The van der Waals surface area contributed by atoms with Gasteiger partial charge in [0.15, 0.2) is 10.3 Å². The molecule has 14 nitrogen and oxygen atoms in total. The van der Waals surface area contributed by atoms with E-state index in [1.807, 2.05) is 130 Å². The van der Waals surface area contributed by atoms with Crippen LogP contribution in [-0.2, 0) is 30.3 Å². The van der Waals surface area contributed by atoms with Crippen LogP contribution in [0.1, 0.15) is 115 Å². The number of halogens is 6. The normalized spacial score (nSPS) is 30.1. The predicted octanol–water partition coefficient (Wildman–Crippen LogP) is 12.8. The second-order valence-electron chi connectivity index (χ2n) is 25.7. The van der Waals surface area contributed by atoms with Crippen molar-refractivity contribution in [2.45, 2.75) is 153 Å². The maximum absolute atomic E-state index is 14.8. The van der Waals surface area contributed by atoms with Crippen molar-refractivity contribution in [2.75, 3.05) is 40.3 Å². The minimum Gasteiger partial charge on any atom is -0.336 e. The Morgan fingerprint density at radius 2 is 0.909 bits per heavy atom. The highest BCUT2D eigenvalue weighted by molar-refractivity contribution is 8.18. The maximum Gasteiger partial charge on any atom is 0.263 e. The molecule has 4 amide bonds. The number of rotatable bonds is 11. The third kappa shape index (κ3) is 11.6. The number of aliphatic imine (C=N–C) groups is 2. The number of amides is 4. The summed E-state index contributed by atoms with van der Waals surface area (Å²) in [5, 5.41) is 4.07. The molecule has 0 aliphatic carbocycles. The van der Waals surface area contributed by atoms with E-state index in [1.165, 1.54) is 28.4 Å². The monoisotopic (exact) mass is 1310 g/mol. The predicted molar refractivity (Wildman–Crippen MR) is 351 cm³/mol. The SMILES string of the molecule is CC(C)C1=C(C(=O)N2[C@H](C)CC[C@H]2C(=O)N2C[C@H](F)[C@@H](N(C)C)C2)SC2=N[C@@](C)(c3ccc(Cl)cc3)[C@@H](c3ccc(Cl)cc3)N21.CC(C)C1=C(C(=O)N2[C@H](C)CC[C@H]2C(=O)N2C[C@H](N)[C@@H](F)C2)SC2=N[C@@](C)(c3ccc(Cl)cc3)[C@@H](c3ccc(Cl)cc3)N21. The van der Waals surface area contributed by atoms with Crippen molar-refractivity contribution in [3.8, 4) is 0 Å². The van der Waals surface area contributed by atoms with Crippen LogP contribution in [0.5, 0.6) is 0 Å². The number of likely N-dealkylation sites (tertiary alicyclic amines) is 4. The van der Waals surface area contributed by atoms with Crippen molar-refractivity contribution in [1.29, 1.82) is 0 Å². The highest BCUT2D eigenvalue weighted by atomic mass is 35.5.